The summed E-state index contributed by atoms with van der Waals surface area (Å²) in [5.74, 6) is -0.137. The largest absolute Gasteiger partial charge is 0.351 e. The van der Waals surface area contributed by atoms with E-state index in [-0.39, 0.29) is 5.91 Å². The van der Waals surface area contributed by atoms with Crippen molar-refractivity contribution in [3.63, 3.8) is 0 Å². The van der Waals surface area contributed by atoms with Gasteiger partial charge in [0, 0.05) is 34.9 Å². The number of benzene rings is 1. The van der Waals surface area contributed by atoms with Crippen molar-refractivity contribution in [1.82, 2.24) is 15.3 Å². The van der Waals surface area contributed by atoms with Crippen LogP contribution in [0.1, 0.15) is 43.1 Å². The minimum atomic E-state index is -0.137. The number of carbonyl (C=O) groups is 1. The maximum atomic E-state index is 12.4. The molecule has 4 nitrogen and oxygen atoms in total. The first-order chi connectivity index (χ1) is 12.7. The van der Waals surface area contributed by atoms with Crippen molar-refractivity contribution >= 4 is 28.4 Å². The topological polar surface area (TPSA) is 54.9 Å². The zero-order valence-electron chi connectivity index (χ0n) is 14.8. The highest BCUT2D eigenvalue weighted by Gasteiger charge is 2.11. The molecular weight excluding hydrogens is 346 g/mol. The van der Waals surface area contributed by atoms with E-state index in [4.69, 9.17) is 11.6 Å². The Hall–Kier alpha value is -2.46. The maximum Gasteiger partial charge on any atom is 0.269 e. The van der Waals surface area contributed by atoms with Gasteiger partial charge in [-0.1, -0.05) is 49.9 Å². The highest BCUT2D eigenvalue weighted by molar-refractivity contribution is 6.30. The molecule has 2 heterocycles. The van der Waals surface area contributed by atoms with Crippen LogP contribution in [0.3, 0.4) is 0 Å². The number of halogens is 1. The number of amides is 1. The Morgan fingerprint density at radius 3 is 2.62 bits per heavy atom. The summed E-state index contributed by atoms with van der Waals surface area (Å²) in [5, 5.41) is 4.53. The monoisotopic (exact) mass is 367 g/mol. The van der Waals surface area contributed by atoms with Gasteiger partial charge in [-0.2, -0.15) is 0 Å². The number of carbonyl (C=O) groups excluding carboxylic acids is 1. The van der Waals surface area contributed by atoms with Gasteiger partial charge in [-0.3, -0.25) is 9.78 Å². The SMILES string of the molecule is CCCCCCNC(=O)c1ccc2cncc(-c3ccc(Cl)cc3)c2n1. The fourth-order valence-corrected chi connectivity index (χ4v) is 2.98. The Morgan fingerprint density at radius 2 is 1.85 bits per heavy atom. The molecule has 0 saturated carbocycles. The number of rotatable bonds is 7. The number of fused-ring (bicyclic) bond motifs is 1. The Morgan fingerprint density at radius 1 is 1.04 bits per heavy atom. The van der Waals surface area contributed by atoms with E-state index < -0.39 is 0 Å². The van der Waals surface area contributed by atoms with Crippen LogP contribution < -0.4 is 5.32 Å². The molecule has 2 aromatic heterocycles. The lowest BCUT2D eigenvalue weighted by atomic mass is 10.0. The van der Waals surface area contributed by atoms with Gasteiger partial charge in [-0.15, -0.1) is 0 Å². The van der Waals surface area contributed by atoms with Crippen LogP contribution >= 0.6 is 11.6 Å². The van der Waals surface area contributed by atoms with Gasteiger partial charge in [0.15, 0.2) is 0 Å². The molecular formula is C21H22ClN3O. The molecule has 0 aliphatic rings. The summed E-state index contributed by atoms with van der Waals surface area (Å²) in [7, 11) is 0. The molecule has 1 aromatic carbocycles. The summed E-state index contributed by atoms with van der Waals surface area (Å²) < 4.78 is 0. The summed E-state index contributed by atoms with van der Waals surface area (Å²) in [4.78, 5) is 21.3. The van der Waals surface area contributed by atoms with Gasteiger partial charge in [0.25, 0.3) is 5.91 Å². The second kappa shape index (κ2) is 8.77. The molecule has 0 saturated heterocycles. The van der Waals surface area contributed by atoms with E-state index in [0.29, 0.717) is 17.3 Å². The molecule has 0 spiro atoms. The van der Waals surface area contributed by atoms with Gasteiger partial charge in [0.2, 0.25) is 0 Å². The Bertz CT molecular complexity index is 893. The van der Waals surface area contributed by atoms with E-state index in [1.165, 1.54) is 12.8 Å². The molecule has 3 aromatic rings. The summed E-state index contributed by atoms with van der Waals surface area (Å²) >= 11 is 5.98. The van der Waals surface area contributed by atoms with Crippen LogP contribution in [0.2, 0.25) is 5.02 Å². The minimum Gasteiger partial charge on any atom is -0.351 e. The van der Waals surface area contributed by atoms with E-state index in [9.17, 15) is 4.79 Å². The van der Waals surface area contributed by atoms with E-state index in [1.807, 2.05) is 30.3 Å². The lowest BCUT2D eigenvalue weighted by Crippen LogP contribution is -2.25. The van der Waals surface area contributed by atoms with Gasteiger partial charge < -0.3 is 5.32 Å². The molecule has 0 aliphatic carbocycles. The first-order valence-electron chi connectivity index (χ1n) is 8.98. The molecule has 3 rings (SSSR count). The molecule has 26 heavy (non-hydrogen) atoms. The first-order valence-corrected chi connectivity index (χ1v) is 9.35. The van der Waals surface area contributed by atoms with E-state index in [2.05, 4.69) is 22.2 Å². The number of hydrogen-bond acceptors (Lipinski definition) is 3. The van der Waals surface area contributed by atoms with Gasteiger partial charge in [0.1, 0.15) is 5.69 Å². The van der Waals surface area contributed by atoms with Crippen molar-refractivity contribution in [2.24, 2.45) is 0 Å². The molecule has 0 unspecified atom stereocenters. The molecule has 0 fully saturated rings. The van der Waals surface area contributed by atoms with E-state index >= 15 is 0 Å². The third-order valence-corrected chi connectivity index (χ3v) is 4.55. The number of hydrogen-bond donors (Lipinski definition) is 1. The van der Waals surface area contributed by atoms with Crippen molar-refractivity contribution in [3.05, 3.63) is 59.5 Å². The predicted molar refractivity (Wildman–Crippen MR) is 106 cm³/mol. The summed E-state index contributed by atoms with van der Waals surface area (Å²) in [6, 6.07) is 11.2. The van der Waals surface area contributed by atoms with Crippen LogP contribution in [0.15, 0.2) is 48.8 Å². The van der Waals surface area contributed by atoms with Crippen molar-refractivity contribution in [1.29, 1.82) is 0 Å². The zero-order valence-corrected chi connectivity index (χ0v) is 15.6. The van der Waals surface area contributed by atoms with Gasteiger partial charge >= 0.3 is 0 Å². The van der Waals surface area contributed by atoms with Crippen molar-refractivity contribution in [2.45, 2.75) is 32.6 Å². The summed E-state index contributed by atoms with van der Waals surface area (Å²) in [6.07, 6.45) is 8.03. The van der Waals surface area contributed by atoms with Crippen LogP contribution in [-0.4, -0.2) is 22.4 Å². The zero-order chi connectivity index (χ0) is 18.4. The highest BCUT2D eigenvalue weighted by Crippen LogP contribution is 2.27. The Kier molecular flexibility index (Phi) is 6.18. The molecule has 1 N–H and O–H groups in total. The Balaban J connectivity index is 1.84. The first kappa shape index (κ1) is 18.3. The molecule has 0 aliphatic heterocycles. The van der Waals surface area contributed by atoms with Crippen LogP contribution in [0.25, 0.3) is 22.0 Å². The third kappa shape index (κ3) is 4.38. The van der Waals surface area contributed by atoms with Crippen LogP contribution in [0.4, 0.5) is 0 Å². The minimum absolute atomic E-state index is 0.137. The molecule has 0 radical (unpaired) electrons. The van der Waals surface area contributed by atoms with Crippen molar-refractivity contribution in [2.75, 3.05) is 6.54 Å². The summed E-state index contributed by atoms with van der Waals surface area (Å²) in [6.45, 7) is 2.85. The number of nitrogens with one attached hydrogen (secondary N) is 1. The molecule has 0 atom stereocenters. The van der Waals surface area contributed by atoms with Gasteiger partial charge in [-0.05, 0) is 36.2 Å². The molecule has 134 valence electrons. The Labute approximate surface area is 158 Å². The standard InChI is InChI=1S/C21H22ClN3O/c1-2-3-4-5-12-24-21(26)19-11-8-16-13-23-14-18(20(16)25-19)15-6-9-17(22)10-7-15/h6-11,13-14H,2-5,12H2,1H3,(H,24,26). The fraction of sp³-hybridized carbons (Fsp3) is 0.286. The number of nitrogens with zero attached hydrogens (tertiary/aromatic N) is 2. The van der Waals surface area contributed by atoms with Gasteiger partial charge in [0.05, 0.1) is 5.52 Å². The average Bonchev–Trinajstić information content (AvgIpc) is 2.67. The van der Waals surface area contributed by atoms with E-state index in [1.54, 1.807) is 18.5 Å². The number of aromatic nitrogens is 2. The quantitative estimate of drug-likeness (QED) is 0.579. The van der Waals surface area contributed by atoms with Crippen LogP contribution in [-0.2, 0) is 0 Å². The van der Waals surface area contributed by atoms with Gasteiger partial charge in [-0.25, -0.2) is 4.98 Å². The van der Waals surface area contributed by atoms with Crippen molar-refractivity contribution < 1.29 is 4.79 Å². The van der Waals surface area contributed by atoms with Crippen LogP contribution in [0.5, 0.6) is 0 Å². The van der Waals surface area contributed by atoms with Crippen molar-refractivity contribution in [3.8, 4) is 11.1 Å². The van der Waals surface area contributed by atoms with E-state index in [0.717, 1.165) is 34.9 Å². The molecule has 5 heteroatoms. The second-order valence-electron chi connectivity index (χ2n) is 6.28. The predicted octanol–water partition coefficient (Wildman–Crippen LogP) is 5.26. The maximum absolute atomic E-state index is 12.4. The second-order valence-corrected chi connectivity index (χ2v) is 6.72. The lowest BCUT2D eigenvalue weighted by molar-refractivity contribution is 0.0948. The summed E-state index contributed by atoms with van der Waals surface area (Å²) in [5.41, 5.74) is 3.05. The fourth-order valence-electron chi connectivity index (χ4n) is 2.85. The molecule has 0 bridgehead atoms. The number of unbranched alkanes of at least 4 members (excludes halogenated alkanes) is 3. The molecule has 1 amide bonds. The highest BCUT2D eigenvalue weighted by atomic mass is 35.5. The smallest absolute Gasteiger partial charge is 0.269 e. The lowest BCUT2D eigenvalue weighted by Gasteiger charge is -2.09. The van der Waals surface area contributed by atoms with Crippen LogP contribution in [0, 0.1) is 0 Å². The third-order valence-electron chi connectivity index (χ3n) is 4.30. The number of pyridine rings is 2. The normalized spacial score (nSPS) is 10.8. The average molecular weight is 368 g/mol.